The van der Waals surface area contributed by atoms with Crippen LogP contribution in [0.1, 0.15) is 23.6 Å². The first-order chi connectivity index (χ1) is 6.13. The SMILES string of the molecule is Cc1ccc(CC(C)CCl)c(C)c1. The Balaban J connectivity index is 2.77. The van der Waals surface area contributed by atoms with E-state index in [2.05, 4.69) is 39.0 Å². The van der Waals surface area contributed by atoms with E-state index in [0.717, 1.165) is 12.3 Å². The maximum Gasteiger partial charge on any atom is 0.0252 e. The third-order valence-corrected chi connectivity index (χ3v) is 2.86. The van der Waals surface area contributed by atoms with Crippen molar-refractivity contribution in [1.29, 1.82) is 0 Å². The number of hydrogen-bond donors (Lipinski definition) is 0. The number of aryl methyl sites for hydroxylation is 2. The van der Waals surface area contributed by atoms with Crippen LogP contribution in [0.3, 0.4) is 0 Å². The summed E-state index contributed by atoms with van der Waals surface area (Å²) in [5.74, 6) is 1.32. The molecular formula is C12H17Cl. The van der Waals surface area contributed by atoms with Crippen LogP contribution in [0, 0.1) is 19.8 Å². The summed E-state index contributed by atoms with van der Waals surface area (Å²) in [6, 6.07) is 6.62. The highest BCUT2D eigenvalue weighted by atomic mass is 35.5. The van der Waals surface area contributed by atoms with Crippen LogP contribution in [0.2, 0.25) is 0 Å². The van der Waals surface area contributed by atoms with Gasteiger partial charge < -0.3 is 0 Å². The Hall–Kier alpha value is -0.490. The molecule has 0 aliphatic rings. The Kier molecular flexibility index (Phi) is 3.80. The number of halogens is 1. The topological polar surface area (TPSA) is 0 Å². The second-order valence-electron chi connectivity index (χ2n) is 3.89. The largest absolute Gasteiger partial charge is 0.126 e. The molecule has 0 aliphatic heterocycles. The van der Waals surface area contributed by atoms with Gasteiger partial charge in [0.05, 0.1) is 0 Å². The van der Waals surface area contributed by atoms with E-state index in [0.29, 0.717) is 5.92 Å². The Labute approximate surface area is 85.9 Å². The van der Waals surface area contributed by atoms with Gasteiger partial charge in [-0.2, -0.15) is 0 Å². The van der Waals surface area contributed by atoms with E-state index >= 15 is 0 Å². The third kappa shape index (κ3) is 3.04. The fraction of sp³-hybridized carbons (Fsp3) is 0.500. The highest BCUT2D eigenvalue weighted by Gasteiger charge is 2.04. The lowest BCUT2D eigenvalue weighted by atomic mass is 9.97. The molecule has 0 spiro atoms. The quantitative estimate of drug-likeness (QED) is 0.647. The van der Waals surface area contributed by atoms with Gasteiger partial charge in [-0.05, 0) is 37.3 Å². The number of rotatable bonds is 3. The maximum atomic E-state index is 5.79. The summed E-state index contributed by atoms with van der Waals surface area (Å²) in [5, 5.41) is 0. The molecule has 1 aromatic rings. The van der Waals surface area contributed by atoms with Gasteiger partial charge in [0.25, 0.3) is 0 Å². The zero-order valence-corrected chi connectivity index (χ0v) is 9.36. The predicted octanol–water partition coefficient (Wildman–Crippen LogP) is 3.72. The zero-order chi connectivity index (χ0) is 9.84. The molecule has 72 valence electrons. The van der Waals surface area contributed by atoms with Gasteiger partial charge in [0, 0.05) is 5.88 Å². The highest BCUT2D eigenvalue weighted by molar-refractivity contribution is 6.18. The fourth-order valence-electron chi connectivity index (χ4n) is 1.50. The lowest BCUT2D eigenvalue weighted by Crippen LogP contribution is -2.02. The summed E-state index contributed by atoms with van der Waals surface area (Å²) in [6.45, 7) is 6.48. The Morgan fingerprint density at radius 2 is 2.00 bits per heavy atom. The van der Waals surface area contributed by atoms with Crippen molar-refractivity contribution in [2.45, 2.75) is 27.2 Å². The third-order valence-electron chi connectivity index (χ3n) is 2.33. The monoisotopic (exact) mass is 196 g/mol. The van der Waals surface area contributed by atoms with E-state index in [4.69, 9.17) is 11.6 Å². The minimum absolute atomic E-state index is 0.572. The van der Waals surface area contributed by atoms with Gasteiger partial charge in [-0.1, -0.05) is 30.7 Å². The molecular weight excluding hydrogens is 180 g/mol. The van der Waals surface area contributed by atoms with Crippen molar-refractivity contribution < 1.29 is 0 Å². The molecule has 1 rings (SSSR count). The van der Waals surface area contributed by atoms with E-state index in [9.17, 15) is 0 Å². The van der Waals surface area contributed by atoms with Crippen molar-refractivity contribution in [2.24, 2.45) is 5.92 Å². The number of hydrogen-bond acceptors (Lipinski definition) is 0. The minimum Gasteiger partial charge on any atom is -0.126 e. The van der Waals surface area contributed by atoms with Gasteiger partial charge in [0.15, 0.2) is 0 Å². The Bertz CT molecular complexity index is 278. The fourth-order valence-corrected chi connectivity index (χ4v) is 1.61. The van der Waals surface area contributed by atoms with Crippen LogP contribution in [0.5, 0.6) is 0 Å². The summed E-state index contributed by atoms with van der Waals surface area (Å²) < 4.78 is 0. The first-order valence-electron chi connectivity index (χ1n) is 4.75. The van der Waals surface area contributed by atoms with Gasteiger partial charge >= 0.3 is 0 Å². The molecule has 0 saturated carbocycles. The second kappa shape index (κ2) is 4.66. The standard InChI is InChI=1S/C12H17Cl/c1-9-4-5-12(11(3)6-9)7-10(2)8-13/h4-6,10H,7-8H2,1-3H3. The summed E-state index contributed by atoms with van der Waals surface area (Å²) in [6.07, 6.45) is 1.09. The van der Waals surface area contributed by atoms with Gasteiger partial charge in [-0.3, -0.25) is 0 Å². The van der Waals surface area contributed by atoms with Crippen molar-refractivity contribution in [3.8, 4) is 0 Å². The smallest absolute Gasteiger partial charge is 0.0252 e. The molecule has 0 bridgehead atoms. The van der Waals surface area contributed by atoms with E-state index in [1.807, 2.05) is 0 Å². The molecule has 0 saturated heterocycles. The molecule has 13 heavy (non-hydrogen) atoms. The first-order valence-corrected chi connectivity index (χ1v) is 5.29. The van der Waals surface area contributed by atoms with Gasteiger partial charge in [-0.25, -0.2) is 0 Å². The Morgan fingerprint density at radius 3 is 2.54 bits per heavy atom. The van der Waals surface area contributed by atoms with Crippen LogP contribution in [0.25, 0.3) is 0 Å². The molecule has 0 fully saturated rings. The molecule has 0 heterocycles. The van der Waals surface area contributed by atoms with Crippen molar-refractivity contribution in [2.75, 3.05) is 5.88 Å². The molecule has 1 heteroatoms. The zero-order valence-electron chi connectivity index (χ0n) is 8.60. The molecule has 1 aromatic carbocycles. The van der Waals surface area contributed by atoms with E-state index in [1.165, 1.54) is 16.7 Å². The van der Waals surface area contributed by atoms with Crippen molar-refractivity contribution in [3.05, 3.63) is 34.9 Å². The van der Waals surface area contributed by atoms with Crippen molar-refractivity contribution >= 4 is 11.6 Å². The van der Waals surface area contributed by atoms with Gasteiger partial charge in [0.2, 0.25) is 0 Å². The lowest BCUT2D eigenvalue weighted by molar-refractivity contribution is 0.652. The van der Waals surface area contributed by atoms with Crippen LogP contribution in [-0.2, 0) is 6.42 Å². The molecule has 0 aromatic heterocycles. The van der Waals surface area contributed by atoms with Crippen LogP contribution < -0.4 is 0 Å². The summed E-state index contributed by atoms with van der Waals surface area (Å²) >= 11 is 5.79. The number of benzene rings is 1. The van der Waals surface area contributed by atoms with Crippen molar-refractivity contribution in [1.82, 2.24) is 0 Å². The Morgan fingerprint density at radius 1 is 1.31 bits per heavy atom. The predicted molar refractivity (Wildman–Crippen MR) is 59.5 cm³/mol. The molecule has 0 N–H and O–H groups in total. The van der Waals surface area contributed by atoms with Gasteiger partial charge in [-0.15, -0.1) is 11.6 Å². The molecule has 0 aliphatic carbocycles. The summed E-state index contributed by atoms with van der Waals surface area (Å²) in [4.78, 5) is 0. The second-order valence-corrected chi connectivity index (χ2v) is 4.20. The molecule has 0 radical (unpaired) electrons. The number of alkyl halides is 1. The van der Waals surface area contributed by atoms with E-state index in [1.54, 1.807) is 0 Å². The van der Waals surface area contributed by atoms with Crippen LogP contribution in [0.4, 0.5) is 0 Å². The first kappa shape index (κ1) is 10.6. The average molecular weight is 197 g/mol. The van der Waals surface area contributed by atoms with Gasteiger partial charge in [0.1, 0.15) is 0 Å². The summed E-state index contributed by atoms with van der Waals surface area (Å²) in [7, 11) is 0. The average Bonchev–Trinajstić information content (AvgIpc) is 2.09. The normalized spacial score (nSPS) is 12.9. The molecule has 0 amide bonds. The van der Waals surface area contributed by atoms with E-state index < -0.39 is 0 Å². The summed E-state index contributed by atoms with van der Waals surface area (Å²) in [5.41, 5.74) is 4.15. The van der Waals surface area contributed by atoms with Crippen LogP contribution >= 0.6 is 11.6 Å². The van der Waals surface area contributed by atoms with Crippen molar-refractivity contribution in [3.63, 3.8) is 0 Å². The molecule has 1 atom stereocenters. The highest BCUT2D eigenvalue weighted by Crippen LogP contribution is 2.15. The van der Waals surface area contributed by atoms with Crippen LogP contribution in [0.15, 0.2) is 18.2 Å². The molecule has 0 nitrogen and oxygen atoms in total. The maximum absolute atomic E-state index is 5.79. The lowest BCUT2D eigenvalue weighted by Gasteiger charge is -2.10. The molecule has 1 unspecified atom stereocenters. The minimum atomic E-state index is 0.572. The van der Waals surface area contributed by atoms with E-state index in [-0.39, 0.29) is 0 Å². The van der Waals surface area contributed by atoms with Crippen LogP contribution in [-0.4, -0.2) is 5.88 Å².